The van der Waals surface area contributed by atoms with Crippen molar-refractivity contribution < 1.29 is 4.79 Å². The van der Waals surface area contributed by atoms with E-state index in [0.717, 1.165) is 36.3 Å². The standard InChI is InChI=1S/C20H23N5O/c1-14-16-7-8-18(26)25(12-9-15-5-3-2-4-6-15)20(16)24-19(23-14)17-13-21-10-11-22-17/h5,10-11,13H,2-4,6-9,12H2,1H3. The molecule has 1 aliphatic heterocycles. The predicted octanol–water partition coefficient (Wildman–Crippen LogP) is 3.41. The Balaban J connectivity index is 1.66. The van der Waals surface area contributed by atoms with Crippen LogP contribution in [0.25, 0.3) is 11.5 Å². The Morgan fingerprint density at radius 2 is 2.04 bits per heavy atom. The number of anilines is 1. The number of allylic oxidation sites excluding steroid dienone is 1. The van der Waals surface area contributed by atoms with Crippen LogP contribution in [0, 0.1) is 6.92 Å². The van der Waals surface area contributed by atoms with E-state index in [9.17, 15) is 4.79 Å². The van der Waals surface area contributed by atoms with Crippen LogP contribution < -0.4 is 4.90 Å². The van der Waals surface area contributed by atoms with Gasteiger partial charge in [0.15, 0.2) is 5.82 Å². The molecule has 0 radical (unpaired) electrons. The molecule has 0 N–H and O–H groups in total. The first-order valence-corrected chi connectivity index (χ1v) is 9.34. The lowest BCUT2D eigenvalue weighted by Crippen LogP contribution is -2.37. The number of carbonyl (C=O) groups is 1. The van der Waals surface area contributed by atoms with E-state index in [0.29, 0.717) is 30.9 Å². The molecule has 1 amide bonds. The highest BCUT2D eigenvalue weighted by atomic mass is 16.2. The molecule has 3 heterocycles. The number of hydrogen-bond donors (Lipinski definition) is 0. The van der Waals surface area contributed by atoms with Gasteiger partial charge in [-0.3, -0.25) is 14.7 Å². The fourth-order valence-electron chi connectivity index (χ4n) is 3.73. The minimum atomic E-state index is 0.150. The van der Waals surface area contributed by atoms with Gasteiger partial charge in [-0.15, -0.1) is 0 Å². The highest BCUT2D eigenvalue weighted by Gasteiger charge is 2.28. The second-order valence-corrected chi connectivity index (χ2v) is 6.93. The number of carbonyl (C=O) groups excluding carboxylic acids is 1. The summed E-state index contributed by atoms with van der Waals surface area (Å²) in [5.41, 5.74) is 4.10. The van der Waals surface area contributed by atoms with Crippen molar-refractivity contribution in [3.8, 4) is 11.5 Å². The van der Waals surface area contributed by atoms with Crippen LogP contribution in [0.15, 0.2) is 30.2 Å². The van der Waals surface area contributed by atoms with Crippen molar-refractivity contribution in [2.45, 2.75) is 51.9 Å². The van der Waals surface area contributed by atoms with Crippen molar-refractivity contribution in [1.29, 1.82) is 0 Å². The second kappa shape index (κ2) is 7.32. The van der Waals surface area contributed by atoms with E-state index in [4.69, 9.17) is 4.98 Å². The molecule has 134 valence electrons. The Morgan fingerprint density at radius 1 is 1.12 bits per heavy atom. The van der Waals surface area contributed by atoms with Crippen LogP contribution in [0.3, 0.4) is 0 Å². The zero-order valence-electron chi connectivity index (χ0n) is 15.1. The average Bonchev–Trinajstić information content (AvgIpc) is 2.68. The molecule has 0 bridgehead atoms. The number of rotatable bonds is 4. The summed E-state index contributed by atoms with van der Waals surface area (Å²) in [6, 6.07) is 0. The van der Waals surface area contributed by atoms with E-state index < -0.39 is 0 Å². The number of amides is 1. The summed E-state index contributed by atoms with van der Waals surface area (Å²) in [4.78, 5) is 32.2. The topological polar surface area (TPSA) is 71.9 Å². The highest BCUT2D eigenvalue weighted by Crippen LogP contribution is 2.31. The summed E-state index contributed by atoms with van der Waals surface area (Å²) >= 11 is 0. The Morgan fingerprint density at radius 3 is 2.81 bits per heavy atom. The molecule has 26 heavy (non-hydrogen) atoms. The molecule has 6 heteroatoms. The number of hydrogen-bond acceptors (Lipinski definition) is 5. The molecule has 2 aliphatic rings. The van der Waals surface area contributed by atoms with E-state index in [1.165, 1.54) is 18.4 Å². The largest absolute Gasteiger partial charge is 0.296 e. The summed E-state index contributed by atoms with van der Waals surface area (Å²) in [6.45, 7) is 2.67. The minimum Gasteiger partial charge on any atom is -0.296 e. The lowest BCUT2D eigenvalue weighted by atomic mass is 9.96. The van der Waals surface area contributed by atoms with Gasteiger partial charge in [0.2, 0.25) is 5.91 Å². The van der Waals surface area contributed by atoms with Crippen molar-refractivity contribution >= 4 is 11.7 Å². The minimum absolute atomic E-state index is 0.150. The number of aromatic nitrogens is 4. The Hall–Kier alpha value is -2.63. The Labute approximate surface area is 153 Å². The average molecular weight is 349 g/mol. The molecule has 0 spiro atoms. The van der Waals surface area contributed by atoms with E-state index in [2.05, 4.69) is 21.0 Å². The van der Waals surface area contributed by atoms with Gasteiger partial charge in [0.25, 0.3) is 0 Å². The van der Waals surface area contributed by atoms with Crippen LogP contribution in [0.1, 0.15) is 49.8 Å². The molecule has 0 atom stereocenters. The summed E-state index contributed by atoms with van der Waals surface area (Å²) in [6.07, 6.45) is 14.3. The van der Waals surface area contributed by atoms with Gasteiger partial charge in [0, 0.05) is 36.6 Å². The summed E-state index contributed by atoms with van der Waals surface area (Å²) in [5, 5.41) is 0. The number of aryl methyl sites for hydroxylation is 1. The maximum atomic E-state index is 12.6. The Kier molecular flexibility index (Phi) is 4.73. The third-order valence-corrected chi connectivity index (χ3v) is 5.17. The normalized spacial score (nSPS) is 17.0. The highest BCUT2D eigenvalue weighted by molar-refractivity contribution is 5.95. The molecule has 1 aliphatic carbocycles. The summed E-state index contributed by atoms with van der Waals surface area (Å²) in [7, 11) is 0. The van der Waals surface area contributed by atoms with Crippen LogP contribution >= 0.6 is 0 Å². The molecule has 0 aromatic carbocycles. The molecule has 2 aromatic heterocycles. The monoisotopic (exact) mass is 349 g/mol. The predicted molar refractivity (Wildman–Crippen MR) is 99.6 cm³/mol. The van der Waals surface area contributed by atoms with E-state index >= 15 is 0 Å². The second-order valence-electron chi connectivity index (χ2n) is 6.93. The van der Waals surface area contributed by atoms with Gasteiger partial charge in [0.1, 0.15) is 11.5 Å². The van der Waals surface area contributed by atoms with Crippen LogP contribution in [0.2, 0.25) is 0 Å². The summed E-state index contributed by atoms with van der Waals surface area (Å²) < 4.78 is 0. The zero-order chi connectivity index (χ0) is 17.9. The molecule has 2 aromatic rings. The van der Waals surface area contributed by atoms with Gasteiger partial charge in [-0.05, 0) is 45.4 Å². The molecule has 4 rings (SSSR count). The quantitative estimate of drug-likeness (QED) is 0.791. The van der Waals surface area contributed by atoms with Gasteiger partial charge < -0.3 is 0 Å². The molecule has 0 saturated heterocycles. The third-order valence-electron chi connectivity index (χ3n) is 5.17. The van der Waals surface area contributed by atoms with Crippen LogP contribution in [-0.2, 0) is 11.2 Å². The van der Waals surface area contributed by atoms with Crippen molar-refractivity contribution in [3.63, 3.8) is 0 Å². The van der Waals surface area contributed by atoms with Crippen molar-refractivity contribution in [3.05, 3.63) is 41.5 Å². The molecule has 0 saturated carbocycles. The maximum Gasteiger partial charge on any atom is 0.228 e. The number of nitrogens with zero attached hydrogens (tertiary/aromatic N) is 5. The summed E-state index contributed by atoms with van der Waals surface area (Å²) in [5.74, 6) is 1.44. The molecule has 6 nitrogen and oxygen atoms in total. The first kappa shape index (κ1) is 16.8. The fourth-order valence-corrected chi connectivity index (χ4v) is 3.73. The van der Waals surface area contributed by atoms with Crippen LogP contribution in [-0.4, -0.2) is 32.4 Å². The van der Waals surface area contributed by atoms with E-state index in [1.807, 2.05) is 11.8 Å². The molecule has 0 unspecified atom stereocenters. The Bertz CT molecular complexity index is 847. The smallest absolute Gasteiger partial charge is 0.228 e. The van der Waals surface area contributed by atoms with Gasteiger partial charge >= 0.3 is 0 Å². The first-order valence-electron chi connectivity index (χ1n) is 9.34. The maximum absolute atomic E-state index is 12.6. The first-order chi connectivity index (χ1) is 12.7. The number of fused-ring (bicyclic) bond motifs is 1. The lowest BCUT2D eigenvalue weighted by Gasteiger charge is -2.30. The van der Waals surface area contributed by atoms with Gasteiger partial charge in [-0.2, -0.15) is 0 Å². The van der Waals surface area contributed by atoms with Gasteiger partial charge in [-0.25, -0.2) is 15.0 Å². The molecule has 0 fully saturated rings. The van der Waals surface area contributed by atoms with Crippen molar-refractivity contribution in [2.75, 3.05) is 11.4 Å². The van der Waals surface area contributed by atoms with E-state index in [1.54, 1.807) is 18.6 Å². The van der Waals surface area contributed by atoms with Crippen molar-refractivity contribution in [2.24, 2.45) is 0 Å². The molecular weight excluding hydrogens is 326 g/mol. The third kappa shape index (κ3) is 3.36. The van der Waals surface area contributed by atoms with Gasteiger partial charge in [0.05, 0.1) is 6.20 Å². The van der Waals surface area contributed by atoms with Crippen LogP contribution in [0.4, 0.5) is 5.82 Å². The van der Waals surface area contributed by atoms with Crippen molar-refractivity contribution in [1.82, 2.24) is 19.9 Å². The van der Waals surface area contributed by atoms with Gasteiger partial charge in [-0.1, -0.05) is 11.6 Å². The lowest BCUT2D eigenvalue weighted by molar-refractivity contribution is -0.118. The molecular formula is C20H23N5O. The fraction of sp³-hybridized carbons (Fsp3) is 0.450. The van der Waals surface area contributed by atoms with Crippen LogP contribution in [0.5, 0.6) is 0 Å². The SMILES string of the molecule is Cc1nc(-c2cnccn2)nc2c1CCC(=O)N2CCC1=CCCCC1. The van der Waals surface area contributed by atoms with E-state index in [-0.39, 0.29) is 5.91 Å². The zero-order valence-corrected chi connectivity index (χ0v) is 15.1.